The van der Waals surface area contributed by atoms with Gasteiger partial charge in [-0.2, -0.15) is 0 Å². The number of ether oxygens (including phenoxy) is 1. The number of nitro benzene ring substituents is 1. The number of hydrogen-bond acceptors (Lipinski definition) is 5. The second-order valence-electron chi connectivity index (χ2n) is 5.32. The van der Waals surface area contributed by atoms with Gasteiger partial charge < -0.3 is 15.0 Å². The molecule has 2 aromatic rings. The van der Waals surface area contributed by atoms with Gasteiger partial charge in [0.1, 0.15) is 11.4 Å². The van der Waals surface area contributed by atoms with E-state index >= 15 is 0 Å². The summed E-state index contributed by atoms with van der Waals surface area (Å²) in [6.45, 7) is 5.15. The van der Waals surface area contributed by atoms with E-state index in [0.717, 1.165) is 0 Å². The van der Waals surface area contributed by atoms with Gasteiger partial charge in [-0.1, -0.05) is 6.07 Å². The molecule has 7 nitrogen and oxygen atoms in total. The molecule has 0 unspecified atom stereocenters. The Morgan fingerprint density at radius 3 is 2.52 bits per heavy atom. The molecule has 0 saturated carbocycles. The quantitative estimate of drug-likeness (QED) is 0.612. The third-order valence-corrected chi connectivity index (χ3v) is 3.87. The first-order valence-corrected chi connectivity index (χ1v) is 7.98. The van der Waals surface area contributed by atoms with E-state index in [9.17, 15) is 14.9 Å². The standard InChI is InChI=1S/C18H21N3O4/c1-4-20(5-2)16-10-9-13(11-17(16)21(23)24)18(22)19-14-7-6-8-15(12-14)25-3/h6-12H,4-5H2,1-3H3,(H,19,22). The Bertz CT molecular complexity index is 773. The van der Waals surface area contributed by atoms with Gasteiger partial charge in [0.2, 0.25) is 0 Å². The van der Waals surface area contributed by atoms with E-state index in [0.29, 0.717) is 30.2 Å². The van der Waals surface area contributed by atoms with Crippen molar-refractivity contribution in [1.29, 1.82) is 0 Å². The van der Waals surface area contributed by atoms with E-state index in [-0.39, 0.29) is 11.3 Å². The Kier molecular flexibility index (Phi) is 5.94. The minimum Gasteiger partial charge on any atom is -0.497 e. The lowest BCUT2D eigenvalue weighted by atomic mass is 10.1. The lowest BCUT2D eigenvalue weighted by Gasteiger charge is -2.21. The maximum Gasteiger partial charge on any atom is 0.293 e. The fourth-order valence-corrected chi connectivity index (χ4v) is 2.55. The summed E-state index contributed by atoms with van der Waals surface area (Å²) >= 11 is 0. The van der Waals surface area contributed by atoms with Crippen LogP contribution in [0.3, 0.4) is 0 Å². The van der Waals surface area contributed by atoms with E-state index in [1.165, 1.54) is 13.2 Å². The molecule has 132 valence electrons. The molecule has 0 radical (unpaired) electrons. The van der Waals surface area contributed by atoms with Crippen LogP contribution in [0, 0.1) is 10.1 Å². The number of methoxy groups -OCH3 is 1. The maximum atomic E-state index is 12.4. The van der Waals surface area contributed by atoms with Crippen LogP contribution in [-0.4, -0.2) is 31.0 Å². The van der Waals surface area contributed by atoms with E-state index in [4.69, 9.17) is 4.74 Å². The summed E-state index contributed by atoms with van der Waals surface area (Å²) in [6, 6.07) is 11.4. The first-order chi connectivity index (χ1) is 12.0. The largest absolute Gasteiger partial charge is 0.497 e. The SMILES string of the molecule is CCN(CC)c1ccc(C(=O)Nc2cccc(OC)c2)cc1[N+](=O)[O-]. The summed E-state index contributed by atoms with van der Waals surface area (Å²) in [7, 11) is 1.54. The normalized spacial score (nSPS) is 10.2. The number of nitrogens with one attached hydrogen (secondary N) is 1. The van der Waals surface area contributed by atoms with Gasteiger partial charge in [-0.05, 0) is 38.1 Å². The Morgan fingerprint density at radius 1 is 1.20 bits per heavy atom. The second kappa shape index (κ2) is 8.14. The molecule has 0 aliphatic heterocycles. The second-order valence-corrected chi connectivity index (χ2v) is 5.32. The fourth-order valence-electron chi connectivity index (χ4n) is 2.55. The molecule has 0 fully saturated rings. The first kappa shape index (κ1) is 18.3. The lowest BCUT2D eigenvalue weighted by molar-refractivity contribution is -0.384. The van der Waals surface area contributed by atoms with Crippen molar-refractivity contribution < 1.29 is 14.5 Å². The topological polar surface area (TPSA) is 84.7 Å². The van der Waals surface area contributed by atoms with Crippen LogP contribution in [0.15, 0.2) is 42.5 Å². The fraction of sp³-hybridized carbons (Fsp3) is 0.278. The van der Waals surface area contributed by atoms with Crippen molar-refractivity contribution in [1.82, 2.24) is 0 Å². The van der Waals surface area contributed by atoms with E-state index in [1.54, 1.807) is 36.4 Å². The summed E-state index contributed by atoms with van der Waals surface area (Å²) in [5.41, 5.74) is 1.21. The van der Waals surface area contributed by atoms with E-state index in [2.05, 4.69) is 5.32 Å². The number of anilines is 2. The minimum atomic E-state index is -0.462. The third kappa shape index (κ3) is 4.26. The molecular weight excluding hydrogens is 322 g/mol. The number of carbonyl (C=O) groups excluding carboxylic acids is 1. The molecule has 1 amide bonds. The molecule has 2 aromatic carbocycles. The highest BCUT2D eigenvalue weighted by Gasteiger charge is 2.20. The van der Waals surface area contributed by atoms with E-state index in [1.807, 2.05) is 18.7 Å². The Balaban J connectivity index is 2.30. The van der Waals surface area contributed by atoms with Crippen LogP contribution in [0.4, 0.5) is 17.1 Å². The smallest absolute Gasteiger partial charge is 0.293 e. The van der Waals surface area contributed by atoms with Crippen LogP contribution in [0.1, 0.15) is 24.2 Å². The highest BCUT2D eigenvalue weighted by Crippen LogP contribution is 2.29. The van der Waals surface area contributed by atoms with Crippen molar-refractivity contribution in [2.45, 2.75) is 13.8 Å². The number of rotatable bonds is 7. The van der Waals surface area contributed by atoms with Crippen LogP contribution < -0.4 is 15.0 Å². The van der Waals surface area contributed by atoms with Crippen molar-refractivity contribution in [3.05, 3.63) is 58.1 Å². The van der Waals surface area contributed by atoms with Crippen molar-refractivity contribution in [2.75, 3.05) is 30.4 Å². The zero-order valence-electron chi connectivity index (χ0n) is 14.5. The molecule has 1 N–H and O–H groups in total. The molecular formula is C18H21N3O4. The molecule has 0 bridgehead atoms. The number of carbonyl (C=O) groups is 1. The van der Waals surface area contributed by atoms with Gasteiger partial charge in [-0.15, -0.1) is 0 Å². The number of hydrogen-bond donors (Lipinski definition) is 1. The number of amides is 1. The number of nitrogens with zero attached hydrogens (tertiary/aromatic N) is 2. The van der Waals surface area contributed by atoms with Crippen LogP contribution in [0.2, 0.25) is 0 Å². The monoisotopic (exact) mass is 343 g/mol. The van der Waals surface area contributed by atoms with Gasteiger partial charge >= 0.3 is 0 Å². The zero-order valence-corrected chi connectivity index (χ0v) is 14.5. The average Bonchev–Trinajstić information content (AvgIpc) is 2.62. The predicted molar refractivity (Wildman–Crippen MR) is 97.6 cm³/mol. The predicted octanol–water partition coefficient (Wildman–Crippen LogP) is 3.70. The molecule has 0 spiro atoms. The highest BCUT2D eigenvalue weighted by atomic mass is 16.6. The molecule has 0 aliphatic carbocycles. The summed E-state index contributed by atoms with van der Waals surface area (Å²) in [4.78, 5) is 25.2. The van der Waals surface area contributed by atoms with Gasteiger partial charge in [0.05, 0.1) is 12.0 Å². The molecule has 0 saturated heterocycles. The van der Waals surface area contributed by atoms with Crippen LogP contribution >= 0.6 is 0 Å². The Hall–Kier alpha value is -3.09. The molecule has 0 heterocycles. The third-order valence-electron chi connectivity index (χ3n) is 3.87. The molecule has 2 rings (SSSR count). The Morgan fingerprint density at radius 2 is 1.92 bits per heavy atom. The summed E-state index contributed by atoms with van der Waals surface area (Å²) in [6.07, 6.45) is 0. The molecule has 25 heavy (non-hydrogen) atoms. The lowest BCUT2D eigenvalue weighted by Crippen LogP contribution is -2.23. The Labute approximate surface area is 146 Å². The molecule has 7 heteroatoms. The first-order valence-electron chi connectivity index (χ1n) is 7.98. The number of benzene rings is 2. The number of nitro groups is 1. The highest BCUT2D eigenvalue weighted by molar-refractivity contribution is 6.05. The summed E-state index contributed by atoms with van der Waals surface area (Å²) in [5.74, 6) is 0.197. The van der Waals surface area contributed by atoms with Gasteiger partial charge in [-0.3, -0.25) is 14.9 Å². The van der Waals surface area contributed by atoms with Crippen molar-refractivity contribution in [3.8, 4) is 5.75 Å². The maximum absolute atomic E-state index is 12.4. The zero-order chi connectivity index (χ0) is 18.4. The van der Waals surface area contributed by atoms with Crippen LogP contribution in [0.25, 0.3) is 0 Å². The van der Waals surface area contributed by atoms with Crippen LogP contribution in [0.5, 0.6) is 5.75 Å². The minimum absolute atomic E-state index is 0.0815. The average molecular weight is 343 g/mol. The van der Waals surface area contributed by atoms with Gasteiger partial charge in [0.15, 0.2) is 0 Å². The van der Waals surface area contributed by atoms with Gasteiger partial charge in [0, 0.05) is 36.5 Å². The van der Waals surface area contributed by atoms with Crippen molar-refractivity contribution in [2.24, 2.45) is 0 Å². The van der Waals surface area contributed by atoms with Crippen molar-refractivity contribution >= 4 is 23.0 Å². The van der Waals surface area contributed by atoms with Gasteiger partial charge in [0.25, 0.3) is 11.6 Å². The summed E-state index contributed by atoms with van der Waals surface area (Å²) in [5, 5.41) is 14.1. The van der Waals surface area contributed by atoms with E-state index < -0.39 is 10.8 Å². The summed E-state index contributed by atoms with van der Waals surface area (Å²) < 4.78 is 5.11. The molecule has 0 atom stereocenters. The van der Waals surface area contributed by atoms with Gasteiger partial charge in [-0.25, -0.2) is 0 Å². The van der Waals surface area contributed by atoms with Crippen molar-refractivity contribution in [3.63, 3.8) is 0 Å². The molecule has 0 aliphatic rings. The van der Waals surface area contributed by atoms with Crippen LogP contribution in [-0.2, 0) is 0 Å². The molecule has 0 aromatic heterocycles.